The highest BCUT2D eigenvalue weighted by atomic mass is 32.2. The Morgan fingerprint density at radius 2 is 1.78 bits per heavy atom. The van der Waals surface area contributed by atoms with Crippen LogP contribution < -0.4 is 5.32 Å². The number of piperidine rings is 1. The minimum absolute atomic E-state index is 0.0480. The van der Waals surface area contributed by atoms with E-state index in [1.807, 2.05) is 23.0 Å². The van der Waals surface area contributed by atoms with E-state index in [-0.39, 0.29) is 16.6 Å². The molecule has 41 heavy (non-hydrogen) atoms. The maximum absolute atomic E-state index is 13.9. The van der Waals surface area contributed by atoms with E-state index in [2.05, 4.69) is 56.3 Å². The lowest BCUT2D eigenvalue weighted by molar-refractivity contribution is 0.204. The number of aromatic nitrogens is 2. The third kappa shape index (κ3) is 6.18. The summed E-state index contributed by atoms with van der Waals surface area (Å²) in [7, 11) is 0.473. The summed E-state index contributed by atoms with van der Waals surface area (Å²) in [5.41, 5.74) is 4.79. The third-order valence-corrected chi connectivity index (χ3v) is 10.2. The van der Waals surface area contributed by atoms with Crippen LogP contribution in [0.25, 0.3) is 11.8 Å². The third-order valence-electron chi connectivity index (χ3n) is 8.37. The normalized spacial score (nSPS) is 19.6. The topological polar surface area (TPSA) is 70.5 Å². The first-order chi connectivity index (χ1) is 19.4. The van der Waals surface area contributed by atoms with Crippen LogP contribution in [0.15, 0.2) is 65.2 Å². The number of nitrogens with zero attached hydrogens (tertiary/aromatic N) is 4. The second-order valence-corrected chi connectivity index (χ2v) is 14.7. The van der Waals surface area contributed by atoms with E-state index in [1.54, 1.807) is 28.6 Å². The second kappa shape index (κ2) is 11.4. The second-order valence-electron chi connectivity index (χ2n) is 12.8. The van der Waals surface area contributed by atoms with Gasteiger partial charge in [-0.25, -0.2) is 17.5 Å². The molecule has 1 aromatic heterocycles. The lowest BCUT2D eigenvalue weighted by atomic mass is 9.68. The summed E-state index contributed by atoms with van der Waals surface area (Å²) in [6.07, 6.45) is 6.41. The fourth-order valence-corrected chi connectivity index (χ4v) is 7.51. The van der Waals surface area contributed by atoms with Gasteiger partial charge in [-0.3, -0.25) is 0 Å². The Morgan fingerprint density at radius 3 is 2.44 bits per heavy atom. The summed E-state index contributed by atoms with van der Waals surface area (Å²) >= 11 is 0. The first-order valence-electron chi connectivity index (χ1n) is 14.4. The summed E-state index contributed by atoms with van der Waals surface area (Å²) in [5.74, 6) is -0.283. The largest absolute Gasteiger partial charge is 0.316 e. The standard InChI is InChI=1S/C32H42FN5O2S/c1-31(2,3)25-7-13-29(14-8-25)41(39,40)37-18-15-26-19-30-24(21-35-38(30)28-11-9-27(33)10-12-28)20-32(26,23-37)22-34-16-6-17-36(4)5/h7-14,19,21,34H,6,15-18,20,22-23H2,1-5H3. The number of fused-ring (bicyclic) bond motifs is 2. The van der Waals surface area contributed by atoms with E-state index in [9.17, 15) is 12.8 Å². The van der Waals surface area contributed by atoms with Crippen molar-refractivity contribution in [2.45, 2.75) is 50.3 Å². The Labute approximate surface area is 244 Å². The van der Waals surface area contributed by atoms with Crippen LogP contribution in [0.1, 0.15) is 50.4 Å². The van der Waals surface area contributed by atoms with Crippen LogP contribution in [0.4, 0.5) is 4.39 Å². The molecule has 0 saturated carbocycles. The van der Waals surface area contributed by atoms with Gasteiger partial charge in [0.1, 0.15) is 5.82 Å². The van der Waals surface area contributed by atoms with Gasteiger partial charge in [0.05, 0.1) is 22.5 Å². The summed E-state index contributed by atoms with van der Waals surface area (Å²) < 4.78 is 44.9. The van der Waals surface area contributed by atoms with E-state index < -0.39 is 10.0 Å². The smallest absolute Gasteiger partial charge is 0.243 e. The molecule has 0 bridgehead atoms. The molecule has 1 aliphatic heterocycles. The van der Waals surface area contributed by atoms with Crippen LogP contribution in [0, 0.1) is 11.2 Å². The zero-order chi connectivity index (χ0) is 29.4. The van der Waals surface area contributed by atoms with Gasteiger partial charge in [-0.05, 0) is 105 Å². The molecule has 5 rings (SSSR count). The van der Waals surface area contributed by atoms with Gasteiger partial charge in [0, 0.05) is 25.0 Å². The molecule has 220 valence electrons. The number of hydrogen-bond donors (Lipinski definition) is 1. The zero-order valence-electron chi connectivity index (χ0n) is 24.8. The number of hydrogen-bond acceptors (Lipinski definition) is 5. The predicted molar refractivity (Wildman–Crippen MR) is 162 cm³/mol. The Bertz CT molecular complexity index is 1500. The molecule has 2 heterocycles. The quantitative estimate of drug-likeness (QED) is 0.367. The predicted octanol–water partition coefficient (Wildman–Crippen LogP) is 4.87. The van der Waals surface area contributed by atoms with Gasteiger partial charge in [-0.15, -0.1) is 0 Å². The molecule has 0 amide bonds. The molecule has 0 radical (unpaired) electrons. The molecule has 1 fully saturated rings. The number of rotatable bonds is 9. The maximum atomic E-state index is 13.9. The highest BCUT2D eigenvalue weighted by Gasteiger charge is 2.45. The van der Waals surface area contributed by atoms with Crippen molar-refractivity contribution in [3.63, 3.8) is 0 Å². The minimum Gasteiger partial charge on any atom is -0.316 e. The molecule has 9 heteroatoms. The summed E-state index contributed by atoms with van der Waals surface area (Å²) in [6, 6.07) is 13.7. The molecular weight excluding hydrogens is 537 g/mol. The van der Waals surface area contributed by atoms with Crippen molar-refractivity contribution < 1.29 is 12.8 Å². The van der Waals surface area contributed by atoms with E-state index in [0.29, 0.717) is 37.4 Å². The van der Waals surface area contributed by atoms with Gasteiger partial charge in [0.25, 0.3) is 0 Å². The fraction of sp³-hybridized carbons (Fsp3) is 0.469. The Hall–Kier alpha value is -2.85. The van der Waals surface area contributed by atoms with E-state index in [0.717, 1.165) is 42.0 Å². The molecule has 1 N–H and O–H groups in total. The van der Waals surface area contributed by atoms with Crippen molar-refractivity contribution in [2.75, 3.05) is 46.8 Å². The Morgan fingerprint density at radius 1 is 1.07 bits per heavy atom. The van der Waals surface area contributed by atoms with Gasteiger partial charge in [0.15, 0.2) is 0 Å². The molecule has 1 saturated heterocycles. The average Bonchev–Trinajstić information content (AvgIpc) is 3.33. The highest BCUT2D eigenvalue weighted by molar-refractivity contribution is 7.89. The van der Waals surface area contributed by atoms with Crippen LogP contribution in [-0.2, 0) is 21.9 Å². The lowest BCUT2D eigenvalue weighted by Crippen LogP contribution is -2.53. The fourth-order valence-electron chi connectivity index (χ4n) is 5.98. The minimum atomic E-state index is -3.66. The van der Waals surface area contributed by atoms with Crippen LogP contribution in [0.3, 0.4) is 0 Å². The van der Waals surface area contributed by atoms with Gasteiger partial charge in [-0.1, -0.05) is 38.5 Å². The van der Waals surface area contributed by atoms with Crippen molar-refractivity contribution in [2.24, 2.45) is 5.41 Å². The molecule has 2 aromatic carbocycles. The van der Waals surface area contributed by atoms with Crippen LogP contribution in [0.5, 0.6) is 0 Å². The number of sulfonamides is 1. The molecule has 1 atom stereocenters. The molecular formula is C32H42FN5O2S. The molecule has 3 aromatic rings. The van der Waals surface area contributed by atoms with Gasteiger partial charge < -0.3 is 10.2 Å². The average molecular weight is 580 g/mol. The van der Waals surface area contributed by atoms with Crippen molar-refractivity contribution in [3.05, 3.63) is 82.9 Å². The van der Waals surface area contributed by atoms with Crippen LogP contribution in [-0.4, -0.2) is 74.2 Å². The molecule has 0 spiro atoms. The Kier molecular flexibility index (Phi) is 8.27. The van der Waals surface area contributed by atoms with Crippen molar-refractivity contribution in [1.29, 1.82) is 0 Å². The first kappa shape index (κ1) is 29.6. The molecule has 7 nitrogen and oxygen atoms in total. The van der Waals surface area contributed by atoms with Gasteiger partial charge in [-0.2, -0.15) is 9.40 Å². The summed E-state index contributed by atoms with van der Waals surface area (Å²) in [6.45, 7) is 9.74. The van der Waals surface area contributed by atoms with Gasteiger partial charge in [0.2, 0.25) is 10.0 Å². The number of nitrogens with one attached hydrogen (secondary N) is 1. The zero-order valence-corrected chi connectivity index (χ0v) is 25.6. The van der Waals surface area contributed by atoms with Crippen molar-refractivity contribution in [3.8, 4) is 5.69 Å². The number of halogens is 1. The highest BCUT2D eigenvalue weighted by Crippen LogP contribution is 2.45. The van der Waals surface area contributed by atoms with Crippen LogP contribution >= 0.6 is 0 Å². The summed E-state index contributed by atoms with van der Waals surface area (Å²) in [5, 5.41) is 8.30. The van der Waals surface area contributed by atoms with Gasteiger partial charge >= 0.3 is 0 Å². The molecule has 1 unspecified atom stereocenters. The SMILES string of the molecule is CN(C)CCCNCC12Cc3cnn(-c4ccc(F)cc4)c3C=C1CCN(S(=O)(=O)c1ccc(C(C)(C)C)cc1)C2. The maximum Gasteiger partial charge on any atom is 0.243 e. The first-order valence-corrected chi connectivity index (χ1v) is 15.8. The molecule has 1 aliphatic carbocycles. The van der Waals surface area contributed by atoms with Crippen molar-refractivity contribution in [1.82, 2.24) is 24.3 Å². The number of benzene rings is 2. The Balaban J connectivity index is 1.44. The van der Waals surface area contributed by atoms with E-state index in [4.69, 9.17) is 0 Å². The van der Waals surface area contributed by atoms with E-state index in [1.165, 1.54) is 17.7 Å². The molecule has 2 aliphatic rings. The summed E-state index contributed by atoms with van der Waals surface area (Å²) in [4.78, 5) is 2.51. The monoisotopic (exact) mass is 579 g/mol. The van der Waals surface area contributed by atoms with Crippen molar-refractivity contribution >= 4 is 16.1 Å². The lowest BCUT2D eigenvalue weighted by Gasteiger charge is -2.46. The van der Waals surface area contributed by atoms with Crippen LogP contribution in [0.2, 0.25) is 0 Å². The van der Waals surface area contributed by atoms with E-state index >= 15 is 0 Å².